The van der Waals surface area contributed by atoms with Crippen LogP contribution in [0.4, 0.5) is 11.6 Å². The zero-order valence-electron chi connectivity index (χ0n) is 9.99. The third kappa shape index (κ3) is 3.66. The van der Waals surface area contributed by atoms with Crippen LogP contribution in [0.2, 0.25) is 0 Å². The summed E-state index contributed by atoms with van der Waals surface area (Å²) in [5.41, 5.74) is 6.82. The van der Waals surface area contributed by atoms with E-state index in [9.17, 15) is 0 Å². The summed E-state index contributed by atoms with van der Waals surface area (Å²) in [7, 11) is 0. The van der Waals surface area contributed by atoms with E-state index in [1.54, 1.807) is 0 Å². The molecule has 3 N–H and O–H groups in total. The number of hydrogen-bond acceptors (Lipinski definition) is 5. The number of nitrogens with zero attached hydrogens (tertiary/aromatic N) is 2. The number of nitrogens with two attached hydrogens (primary N) is 1. The lowest BCUT2D eigenvalue weighted by molar-refractivity contribution is 0.158. The SMILES string of the molecule is CCCc1c(N)ncnc1NCCOCC. The zero-order valence-corrected chi connectivity index (χ0v) is 9.99. The molecule has 90 valence electrons. The normalized spacial score (nSPS) is 10.4. The Morgan fingerprint density at radius 1 is 1.38 bits per heavy atom. The van der Waals surface area contributed by atoms with Gasteiger partial charge >= 0.3 is 0 Å². The van der Waals surface area contributed by atoms with Gasteiger partial charge in [0, 0.05) is 18.7 Å². The molecule has 5 nitrogen and oxygen atoms in total. The lowest BCUT2D eigenvalue weighted by atomic mass is 10.1. The van der Waals surface area contributed by atoms with Crippen molar-refractivity contribution in [2.75, 3.05) is 30.8 Å². The van der Waals surface area contributed by atoms with Gasteiger partial charge in [0.1, 0.15) is 18.0 Å². The molecule has 0 spiro atoms. The van der Waals surface area contributed by atoms with Gasteiger partial charge in [-0.1, -0.05) is 13.3 Å². The average molecular weight is 224 g/mol. The summed E-state index contributed by atoms with van der Waals surface area (Å²) < 4.78 is 5.25. The van der Waals surface area contributed by atoms with E-state index in [1.807, 2.05) is 6.92 Å². The second-order valence-corrected chi connectivity index (χ2v) is 3.46. The van der Waals surface area contributed by atoms with Crippen molar-refractivity contribution in [3.63, 3.8) is 0 Å². The lowest BCUT2D eigenvalue weighted by Crippen LogP contribution is -2.13. The summed E-state index contributed by atoms with van der Waals surface area (Å²) in [5.74, 6) is 1.39. The van der Waals surface area contributed by atoms with E-state index < -0.39 is 0 Å². The highest BCUT2D eigenvalue weighted by molar-refractivity contribution is 5.54. The highest BCUT2D eigenvalue weighted by Gasteiger charge is 2.07. The number of nitrogens with one attached hydrogen (secondary N) is 1. The van der Waals surface area contributed by atoms with E-state index in [4.69, 9.17) is 10.5 Å². The van der Waals surface area contributed by atoms with Crippen LogP contribution < -0.4 is 11.1 Å². The monoisotopic (exact) mass is 224 g/mol. The van der Waals surface area contributed by atoms with E-state index >= 15 is 0 Å². The first-order valence-corrected chi connectivity index (χ1v) is 5.70. The summed E-state index contributed by atoms with van der Waals surface area (Å²) in [6.07, 6.45) is 3.40. The van der Waals surface area contributed by atoms with E-state index in [-0.39, 0.29) is 0 Å². The first kappa shape index (κ1) is 12.7. The first-order chi connectivity index (χ1) is 7.79. The molecule has 0 saturated heterocycles. The van der Waals surface area contributed by atoms with Crippen LogP contribution >= 0.6 is 0 Å². The van der Waals surface area contributed by atoms with Crippen LogP contribution in [-0.4, -0.2) is 29.7 Å². The molecule has 0 saturated carbocycles. The Labute approximate surface area is 96.4 Å². The highest BCUT2D eigenvalue weighted by atomic mass is 16.5. The number of aromatic nitrogens is 2. The Bertz CT molecular complexity index is 317. The summed E-state index contributed by atoms with van der Waals surface area (Å²) in [6.45, 7) is 6.23. The molecule has 5 heteroatoms. The maximum atomic E-state index is 5.82. The smallest absolute Gasteiger partial charge is 0.134 e. The van der Waals surface area contributed by atoms with Crippen molar-refractivity contribution >= 4 is 11.6 Å². The van der Waals surface area contributed by atoms with Crippen molar-refractivity contribution in [3.05, 3.63) is 11.9 Å². The molecule has 1 rings (SSSR count). The van der Waals surface area contributed by atoms with E-state index in [0.29, 0.717) is 12.4 Å². The van der Waals surface area contributed by atoms with Gasteiger partial charge in [0.05, 0.1) is 6.61 Å². The van der Waals surface area contributed by atoms with Gasteiger partial charge in [0.2, 0.25) is 0 Å². The molecular weight excluding hydrogens is 204 g/mol. The Hall–Kier alpha value is -1.36. The van der Waals surface area contributed by atoms with E-state index in [1.165, 1.54) is 6.33 Å². The average Bonchev–Trinajstić information content (AvgIpc) is 2.29. The minimum absolute atomic E-state index is 0.566. The minimum Gasteiger partial charge on any atom is -0.383 e. The number of nitrogen functional groups attached to an aromatic ring is 1. The highest BCUT2D eigenvalue weighted by Crippen LogP contribution is 2.18. The lowest BCUT2D eigenvalue weighted by Gasteiger charge is -2.11. The van der Waals surface area contributed by atoms with Gasteiger partial charge in [-0.2, -0.15) is 0 Å². The van der Waals surface area contributed by atoms with Crippen LogP contribution in [0.5, 0.6) is 0 Å². The van der Waals surface area contributed by atoms with Gasteiger partial charge < -0.3 is 15.8 Å². The van der Waals surface area contributed by atoms with Crippen LogP contribution in [0.15, 0.2) is 6.33 Å². The van der Waals surface area contributed by atoms with Gasteiger partial charge in [-0.15, -0.1) is 0 Å². The van der Waals surface area contributed by atoms with Crippen LogP contribution in [0.3, 0.4) is 0 Å². The van der Waals surface area contributed by atoms with Crippen LogP contribution in [-0.2, 0) is 11.2 Å². The number of anilines is 2. The maximum absolute atomic E-state index is 5.82. The molecule has 0 unspecified atom stereocenters. The second kappa shape index (κ2) is 7.00. The Morgan fingerprint density at radius 2 is 2.19 bits per heavy atom. The van der Waals surface area contributed by atoms with Gasteiger partial charge in [0.25, 0.3) is 0 Å². The Kier molecular flexibility index (Phi) is 5.56. The fourth-order valence-corrected chi connectivity index (χ4v) is 1.46. The van der Waals surface area contributed by atoms with Crippen molar-refractivity contribution in [2.24, 2.45) is 0 Å². The quantitative estimate of drug-likeness (QED) is 0.686. The molecule has 0 fully saturated rings. The van der Waals surface area contributed by atoms with E-state index in [0.717, 1.165) is 37.4 Å². The van der Waals surface area contributed by atoms with Crippen molar-refractivity contribution in [1.29, 1.82) is 0 Å². The predicted octanol–water partition coefficient (Wildman–Crippen LogP) is 1.46. The minimum atomic E-state index is 0.566. The number of ether oxygens (including phenoxy) is 1. The third-order valence-corrected chi connectivity index (χ3v) is 2.22. The molecule has 1 aromatic heterocycles. The Morgan fingerprint density at radius 3 is 2.88 bits per heavy atom. The molecule has 16 heavy (non-hydrogen) atoms. The zero-order chi connectivity index (χ0) is 11.8. The summed E-state index contributed by atoms with van der Waals surface area (Å²) >= 11 is 0. The standard InChI is InChI=1S/C11H20N4O/c1-3-5-9-10(12)14-8-15-11(9)13-6-7-16-4-2/h8H,3-7H2,1-2H3,(H3,12,13,14,15). The van der Waals surface area contributed by atoms with Crippen LogP contribution in [0.1, 0.15) is 25.8 Å². The molecule has 0 aliphatic rings. The molecule has 0 atom stereocenters. The molecule has 0 amide bonds. The number of rotatable bonds is 7. The van der Waals surface area contributed by atoms with Crippen molar-refractivity contribution in [2.45, 2.75) is 26.7 Å². The van der Waals surface area contributed by atoms with Crippen molar-refractivity contribution < 1.29 is 4.74 Å². The van der Waals surface area contributed by atoms with Crippen molar-refractivity contribution in [3.8, 4) is 0 Å². The topological polar surface area (TPSA) is 73.1 Å². The molecule has 0 bridgehead atoms. The molecule has 0 aromatic carbocycles. The van der Waals surface area contributed by atoms with Gasteiger partial charge in [-0.3, -0.25) is 0 Å². The van der Waals surface area contributed by atoms with Gasteiger partial charge in [-0.05, 0) is 13.3 Å². The first-order valence-electron chi connectivity index (χ1n) is 5.70. The fraction of sp³-hybridized carbons (Fsp3) is 0.636. The molecule has 0 aliphatic carbocycles. The summed E-state index contributed by atoms with van der Waals surface area (Å²) in [4.78, 5) is 8.20. The largest absolute Gasteiger partial charge is 0.383 e. The van der Waals surface area contributed by atoms with Crippen LogP contribution in [0.25, 0.3) is 0 Å². The predicted molar refractivity (Wildman–Crippen MR) is 65.4 cm³/mol. The van der Waals surface area contributed by atoms with Crippen LogP contribution in [0, 0.1) is 0 Å². The molecule has 1 heterocycles. The second-order valence-electron chi connectivity index (χ2n) is 3.46. The fourth-order valence-electron chi connectivity index (χ4n) is 1.46. The third-order valence-electron chi connectivity index (χ3n) is 2.22. The summed E-state index contributed by atoms with van der Waals surface area (Å²) in [5, 5.41) is 3.22. The van der Waals surface area contributed by atoms with Crippen molar-refractivity contribution in [1.82, 2.24) is 9.97 Å². The number of hydrogen-bond donors (Lipinski definition) is 2. The molecule has 0 radical (unpaired) electrons. The Balaban J connectivity index is 2.59. The molecular formula is C11H20N4O. The van der Waals surface area contributed by atoms with Gasteiger partial charge in [-0.25, -0.2) is 9.97 Å². The summed E-state index contributed by atoms with van der Waals surface area (Å²) in [6, 6.07) is 0. The molecule has 1 aromatic rings. The van der Waals surface area contributed by atoms with Gasteiger partial charge in [0.15, 0.2) is 0 Å². The maximum Gasteiger partial charge on any atom is 0.134 e. The molecule has 0 aliphatic heterocycles. The van der Waals surface area contributed by atoms with E-state index in [2.05, 4.69) is 22.2 Å².